The van der Waals surface area contributed by atoms with Crippen LogP contribution in [0.2, 0.25) is 0 Å². The molecule has 0 aliphatic rings. The van der Waals surface area contributed by atoms with Crippen molar-refractivity contribution in [3.05, 3.63) is 76.0 Å². The number of hydrogen-bond donors (Lipinski definition) is 1. The Morgan fingerprint density at radius 3 is 2.09 bits per heavy atom. The van der Waals surface area contributed by atoms with Crippen molar-refractivity contribution < 1.29 is 32.2 Å². The highest BCUT2D eigenvalue weighted by Crippen LogP contribution is 2.35. The summed E-state index contributed by atoms with van der Waals surface area (Å²) in [6, 6.07) is 15.7. The zero-order valence-electron chi connectivity index (χ0n) is 19.5. The Kier molecular flexibility index (Phi) is 8.56. The van der Waals surface area contributed by atoms with E-state index >= 15 is 0 Å². The SMILES string of the molecule is COC(=O)CCNC(=O)c1ccc([C@H](Oc2ccc(-c3ccc(C(F)(F)F)cc3)cc2)C(C)C)s1. The van der Waals surface area contributed by atoms with Crippen LogP contribution in [-0.4, -0.2) is 25.5 Å². The zero-order valence-corrected chi connectivity index (χ0v) is 20.3. The summed E-state index contributed by atoms with van der Waals surface area (Å²) in [5.74, 6) is 0.0543. The molecule has 5 nitrogen and oxygen atoms in total. The van der Waals surface area contributed by atoms with Gasteiger partial charge in [0.2, 0.25) is 0 Å². The van der Waals surface area contributed by atoms with Crippen LogP contribution in [0.15, 0.2) is 60.7 Å². The van der Waals surface area contributed by atoms with Gasteiger partial charge in [-0.15, -0.1) is 11.3 Å². The first-order valence-electron chi connectivity index (χ1n) is 11.0. The smallest absolute Gasteiger partial charge is 0.416 e. The molecule has 3 rings (SSSR count). The molecule has 0 aliphatic heterocycles. The molecular formula is C26H26F3NO4S. The lowest BCUT2D eigenvalue weighted by atomic mass is 10.0. The van der Waals surface area contributed by atoms with E-state index in [0.29, 0.717) is 16.2 Å². The molecular weight excluding hydrogens is 479 g/mol. The highest BCUT2D eigenvalue weighted by atomic mass is 32.1. The summed E-state index contributed by atoms with van der Waals surface area (Å²) < 4.78 is 49.1. The van der Waals surface area contributed by atoms with E-state index in [1.165, 1.54) is 30.6 Å². The van der Waals surface area contributed by atoms with Crippen LogP contribution in [0.4, 0.5) is 13.2 Å². The molecule has 186 valence electrons. The summed E-state index contributed by atoms with van der Waals surface area (Å²) >= 11 is 1.32. The second kappa shape index (κ2) is 11.4. The Morgan fingerprint density at radius 1 is 0.943 bits per heavy atom. The fourth-order valence-corrected chi connectivity index (χ4v) is 4.47. The highest BCUT2D eigenvalue weighted by Gasteiger charge is 2.30. The lowest BCUT2D eigenvalue weighted by molar-refractivity contribution is -0.140. The summed E-state index contributed by atoms with van der Waals surface area (Å²) in [6.45, 7) is 4.21. The van der Waals surface area contributed by atoms with Gasteiger partial charge in [-0.25, -0.2) is 0 Å². The number of ether oxygens (including phenoxy) is 2. The van der Waals surface area contributed by atoms with Crippen LogP contribution in [0.25, 0.3) is 11.1 Å². The molecule has 9 heteroatoms. The number of hydrogen-bond acceptors (Lipinski definition) is 5. The molecule has 0 spiro atoms. The number of amides is 1. The topological polar surface area (TPSA) is 64.6 Å². The molecule has 0 saturated heterocycles. The van der Waals surface area contributed by atoms with Crippen molar-refractivity contribution in [2.45, 2.75) is 32.5 Å². The number of carbonyl (C=O) groups is 2. The highest BCUT2D eigenvalue weighted by molar-refractivity contribution is 7.14. The first kappa shape index (κ1) is 26.3. The lowest BCUT2D eigenvalue weighted by Gasteiger charge is -2.21. The summed E-state index contributed by atoms with van der Waals surface area (Å²) in [5, 5.41) is 2.70. The van der Waals surface area contributed by atoms with E-state index in [-0.39, 0.29) is 30.9 Å². The van der Waals surface area contributed by atoms with E-state index in [4.69, 9.17) is 4.74 Å². The predicted molar refractivity (Wildman–Crippen MR) is 128 cm³/mol. The maximum atomic E-state index is 12.8. The van der Waals surface area contributed by atoms with Crippen LogP contribution >= 0.6 is 11.3 Å². The zero-order chi connectivity index (χ0) is 25.6. The number of esters is 1. The minimum absolute atomic E-state index is 0.0979. The molecule has 1 N–H and O–H groups in total. The molecule has 1 atom stereocenters. The molecule has 1 aromatic heterocycles. The maximum Gasteiger partial charge on any atom is 0.416 e. The van der Waals surface area contributed by atoms with Gasteiger partial charge < -0.3 is 14.8 Å². The molecule has 2 aromatic carbocycles. The molecule has 3 aromatic rings. The van der Waals surface area contributed by atoms with Gasteiger partial charge in [0.15, 0.2) is 0 Å². The molecule has 1 heterocycles. The van der Waals surface area contributed by atoms with Crippen LogP contribution in [0.1, 0.15) is 46.5 Å². The van der Waals surface area contributed by atoms with Gasteiger partial charge in [-0.05, 0) is 53.4 Å². The van der Waals surface area contributed by atoms with E-state index < -0.39 is 17.7 Å². The number of thiophene rings is 1. The summed E-state index contributed by atoms with van der Waals surface area (Å²) in [6.07, 6.45) is -4.57. The van der Waals surface area contributed by atoms with Crippen molar-refractivity contribution in [1.29, 1.82) is 0 Å². The Labute approximate surface area is 205 Å². The number of rotatable bonds is 9. The third-order valence-electron chi connectivity index (χ3n) is 5.24. The molecule has 35 heavy (non-hydrogen) atoms. The minimum atomic E-state index is -4.37. The number of carbonyl (C=O) groups excluding carboxylic acids is 2. The fraction of sp³-hybridized carbons (Fsp3) is 0.308. The number of alkyl halides is 3. The number of halogens is 3. The van der Waals surface area contributed by atoms with Crippen LogP contribution in [0.3, 0.4) is 0 Å². The van der Waals surface area contributed by atoms with E-state index in [9.17, 15) is 22.8 Å². The monoisotopic (exact) mass is 505 g/mol. The van der Waals surface area contributed by atoms with Gasteiger partial charge in [0.1, 0.15) is 11.9 Å². The van der Waals surface area contributed by atoms with Gasteiger partial charge in [-0.2, -0.15) is 13.2 Å². The molecule has 0 radical (unpaired) electrons. The van der Waals surface area contributed by atoms with E-state index in [0.717, 1.165) is 22.6 Å². The van der Waals surface area contributed by atoms with Crippen LogP contribution in [-0.2, 0) is 15.7 Å². The fourth-order valence-electron chi connectivity index (χ4n) is 3.34. The minimum Gasteiger partial charge on any atom is -0.485 e. The Balaban J connectivity index is 1.67. The van der Waals surface area contributed by atoms with Crippen molar-refractivity contribution in [2.75, 3.05) is 13.7 Å². The average Bonchev–Trinajstić information content (AvgIpc) is 3.32. The van der Waals surface area contributed by atoms with Crippen molar-refractivity contribution in [3.63, 3.8) is 0 Å². The normalized spacial score (nSPS) is 12.3. The van der Waals surface area contributed by atoms with Crippen molar-refractivity contribution in [1.82, 2.24) is 5.32 Å². The third-order valence-corrected chi connectivity index (χ3v) is 6.39. The Bertz CT molecular complexity index is 1140. The third kappa shape index (κ3) is 7.08. The van der Waals surface area contributed by atoms with Crippen molar-refractivity contribution in [2.24, 2.45) is 5.92 Å². The van der Waals surface area contributed by atoms with Crippen LogP contribution in [0.5, 0.6) is 5.75 Å². The van der Waals surface area contributed by atoms with Crippen LogP contribution in [0, 0.1) is 5.92 Å². The Morgan fingerprint density at radius 2 is 1.54 bits per heavy atom. The molecule has 0 fully saturated rings. The maximum absolute atomic E-state index is 12.8. The van der Waals surface area contributed by atoms with E-state index in [1.807, 2.05) is 19.9 Å². The molecule has 0 saturated carbocycles. The van der Waals surface area contributed by atoms with Gasteiger partial charge in [-0.1, -0.05) is 38.1 Å². The summed E-state index contributed by atoms with van der Waals surface area (Å²) in [4.78, 5) is 25.0. The van der Waals surface area contributed by atoms with Gasteiger partial charge in [-0.3, -0.25) is 9.59 Å². The van der Waals surface area contributed by atoms with E-state index in [1.54, 1.807) is 30.3 Å². The lowest BCUT2D eigenvalue weighted by Crippen LogP contribution is -2.25. The number of nitrogens with one attached hydrogen (secondary N) is 1. The molecule has 0 aliphatic carbocycles. The second-order valence-electron chi connectivity index (χ2n) is 8.17. The molecule has 0 unspecified atom stereocenters. The Hall–Kier alpha value is -3.33. The number of methoxy groups -OCH3 is 1. The summed E-state index contributed by atoms with van der Waals surface area (Å²) in [5.41, 5.74) is 0.758. The molecule has 0 bridgehead atoms. The van der Waals surface area contributed by atoms with Crippen molar-refractivity contribution >= 4 is 23.2 Å². The van der Waals surface area contributed by atoms with Gasteiger partial charge in [0.05, 0.1) is 24.0 Å². The first-order chi connectivity index (χ1) is 16.6. The summed E-state index contributed by atoms with van der Waals surface area (Å²) in [7, 11) is 1.30. The van der Waals surface area contributed by atoms with Gasteiger partial charge in [0.25, 0.3) is 5.91 Å². The van der Waals surface area contributed by atoms with Crippen molar-refractivity contribution in [3.8, 4) is 16.9 Å². The quantitative estimate of drug-likeness (QED) is 0.337. The number of benzene rings is 2. The first-order valence-corrected chi connectivity index (χ1v) is 11.8. The van der Waals surface area contributed by atoms with E-state index in [2.05, 4.69) is 10.1 Å². The second-order valence-corrected chi connectivity index (χ2v) is 9.28. The molecule has 1 amide bonds. The van der Waals surface area contributed by atoms with Gasteiger partial charge >= 0.3 is 12.1 Å². The average molecular weight is 506 g/mol. The largest absolute Gasteiger partial charge is 0.485 e. The van der Waals surface area contributed by atoms with Gasteiger partial charge in [0, 0.05) is 11.4 Å². The van der Waals surface area contributed by atoms with Crippen LogP contribution < -0.4 is 10.1 Å². The standard InChI is InChI=1S/C26H26F3NO4S/c1-16(2)24(21-12-13-22(35-21)25(32)30-15-14-23(31)33-3)34-20-10-6-18(7-11-20)17-4-8-19(9-5-17)26(27,28)29/h4-13,16,24H,14-15H2,1-3H3,(H,30,32)/t24-/m1/s1. The predicted octanol–water partition coefficient (Wildman–Crippen LogP) is 6.50.